The number of carbonyl (C=O) groups is 1. The summed E-state index contributed by atoms with van der Waals surface area (Å²) in [6.07, 6.45) is 3.56. The van der Waals surface area contributed by atoms with Crippen LogP contribution in [0.3, 0.4) is 0 Å². The lowest BCUT2D eigenvalue weighted by molar-refractivity contribution is 0.0692. The summed E-state index contributed by atoms with van der Waals surface area (Å²) in [6, 6.07) is 1.68. The minimum absolute atomic E-state index is 0.113. The third-order valence-corrected chi connectivity index (χ3v) is 3.12. The molecule has 0 aliphatic rings. The predicted molar refractivity (Wildman–Crippen MR) is 58.2 cm³/mol. The molecule has 1 atom stereocenters. The van der Waals surface area contributed by atoms with Crippen molar-refractivity contribution in [1.82, 2.24) is 4.98 Å². The third-order valence-electron chi connectivity index (χ3n) is 1.88. The number of carboxylic acid groups (broad SMARTS) is 1. The van der Waals surface area contributed by atoms with Gasteiger partial charge in [0, 0.05) is 29.1 Å². The van der Waals surface area contributed by atoms with Crippen LogP contribution in [-0.4, -0.2) is 33.0 Å². The van der Waals surface area contributed by atoms with Crippen LogP contribution in [0.25, 0.3) is 0 Å². The molecule has 82 valence electrons. The molecular formula is C10H13NO3S. The first-order chi connectivity index (χ1) is 7.15. The average molecular weight is 227 g/mol. The SMILES string of the molecule is CC(CCO)Sc1ccncc1C(=O)O. The van der Waals surface area contributed by atoms with Gasteiger partial charge in [0.15, 0.2) is 0 Å². The van der Waals surface area contributed by atoms with Crippen molar-refractivity contribution in [3.8, 4) is 0 Å². The molecule has 0 bridgehead atoms. The fraction of sp³-hybridized carbons (Fsp3) is 0.400. The van der Waals surface area contributed by atoms with Crippen molar-refractivity contribution in [2.75, 3.05) is 6.61 Å². The highest BCUT2D eigenvalue weighted by atomic mass is 32.2. The minimum atomic E-state index is -0.971. The lowest BCUT2D eigenvalue weighted by atomic mass is 10.3. The molecule has 15 heavy (non-hydrogen) atoms. The Labute approximate surface area is 92.3 Å². The quantitative estimate of drug-likeness (QED) is 0.748. The number of rotatable bonds is 5. The van der Waals surface area contributed by atoms with Crippen LogP contribution in [0.2, 0.25) is 0 Å². The summed E-state index contributed by atoms with van der Waals surface area (Å²) in [5.41, 5.74) is 0.215. The van der Waals surface area contributed by atoms with E-state index in [1.54, 1.807) is 12.3 Å². The number of aliphatic hydroxyl groups excluding tert-OH is 1. The van der Waals surface area contributed by atoms with Gasteiger partial charge in [0.25, 0.3) is 0 Å². The van der Waals surface area contributed by atoms with Crippen molar-refractivity contribution in [2.24, 2.45) is 0 Å². The summed E-state index contributed by atoms with van der Waals surface area (Å²) in [5, 5.41) is 17.8. The first kappa shape index (κ1) is 12.0. The molecule has 4 nitrogen and oxygen atoms in total. The fourth-order valence-corrected chi connectivity index (χ4v) is 2.17. The van der Waals surface area contributed by atoms with Crippen molar-refractivity contribution in [2.45, 2.75) is 23.5 Å². The topological polar surface area (TPSA) is 70.4 Å². The first-order valence-corrected chi connectivity index (χ1v) is 5.48. The van der Waals surface area contributed by atoms with Gasteiger partial charge in [0.1, 0.15) is 0 Å². The van der Waals surface area contributed by atoms with E-state index in [9.17, 15) is 4.79 Å². The highest BCUT2D eigenvalue weighted by Gasteiger charge is 2.12. The third kappa shape index (κ3) is 3.53. The number of nitrogens with zero attached hydrogens (tertiary/aromatic N) is 1. The summed E-state index contributed by atoms with van der Waals surface area (Å²) in [4.78, 5) is 15.3. The maximum atomic E-state index is 10.9. The number of pyridine rings is 1. The largest absolute Gasteiger partial charge is 0.478 e. The van der Waals surface area contributed by atoms with Gasteiger partial charge in [0.05, 0.1) is 5.56 Å². The molecule has 0 fully saturated rings. The van der Waals surface area contributed by atoms with Gasteiger partial charge < -0.3 is 10.2 Å². The average Bonchev–Trinajstić information content (AvgIpc) is 2.18. The molecule has 0 spiro atoms. The van der Waals surface area contributed by atoms with Crippen LogP contribution in [0.4, 0.5) is 0 Å². The lowest BCUT2D eigenvalue weighted by Gasteiger charge is -2.10. The Hall–Kier alpha value is -1.07. The number of aromatic nitrogens is 1. The maximum Gasteiger partial charge on any atom is 0.338 e. The summed E-state index contributed by atoms with van der Waals surface area (Å²) in [6.45, 7) is 2.06. The number of aliphatic hydroxyl groups is 1. The van der Waals surface area contributed by atoms with Crippen LogP contribution >= 0.6 is 11.8 Å². The minimum Gasteiger partial charge on any atom is -0.478 e. The number of aromatic carboxylic acids is 1. The Kier molecular flexibility index (Phi) is 4.58. The fourth-order valence-electron chi connectivity index (χ4n) is 1.10. The molecular weight excluding hydrogens is 214 g/mol. The van der Waals surface area contributed by atoms with Gasteiger partial charge in [-0.1, -0.05) is 6.92 Å². The Morgan fingerprint density at radius 3 is 3.00 bits per heavy atom. The highest BCUT2D eigenvalue weighted by molar-refractivity contribution is 8.00. The Bertz CT molecular complexity index is 343. The van der Waals surface area contributed by atoms with Gasteiger partial charge in [-0.05, 0) is 12.5 Å². The van der Waals surface area contributed by atoms with E-state index in [0.29, 0.717) is 11.3 Å². The Morgan fingerprint density at radius 1 is 1.67 bits per heavy atom. The number of hydrogen-bond acceptors (Lipinski definition) is 4. The van der Waals surface area contributed by atoms with E-state index in [-0.39, 0.29) is 17.4 Å². The normalized spacial score (nSPS) is 12.4. The van der Waals surface area contributed by atoms with Crippen LogP contribution < -0.4 is 0 Å². The van der Waals surface area contributed by atoms with E-state index < -0.39 is 5.97 Å². The van der Waals surface area contributed by atoms with Gasteiger partial charge in [-0.3, -0.25) is 4.98 Å². The molecule has 5 heteroatoms. The van der Waals surface area contributed by atoms with Gasteiger partial charge in [0.2, 0.25) is 0 Å². The molecule has 1 aromatic heterocycles. The molecule has 1 heterocycles. The van der Waals surface area contributed by atoms with Gasteiger partial charge in [-0.25, -0.2) is 4.79 Å². The van der Waals surface area contributed by atoms with Crippen LogP contribution in [0.5, 0.6) is 0 Å². The van der Waals surface area contributed by atoms with Gasteiger partial charge >= 0.3 is 5.97 Å². The second-order valence-corrected chi connectivity index (χ2v) is 4.60. The zero-order valence-electron chi connectivity index (χ0n) is 8.38. The zero-order chi connectivity index (χ0) is 11.3. The highest BCUT2D eigenvalue weighted by Crippen LogP contribution is 2.27. The summed E-state index contributed by atoms with van der Waals surface area (Å²) in [5.74, 6) is -0.971. The molecule has 1 aromatic rings. The summed E-state index contributed by atoms with van der Waals surface area (Å²) >= 11 is 1.44. The van der Waals surface area contributed by atoms with E-state index in [0.717, 1.165) is 0 Å². The smallest absolute Gasteiger partial charge is 0.338 e. The number of hydrogen-bond donors (Lipinski definition) is 2. The van der Waals surface area contributed by atoms with E-state index in [4.69, 9.17) is 10.2 Å². The summed E-state index contributed by atoms with van der Waals surface area (Å²) in [7, 11) is 0. The molecule has 0 saturated heterocycles. The molecule has 0 amide bonds. The molecule has 0 saturated carbocycles. The van der Waals surface area contributed by atoms with Crippen molar-refractivity contribution < 1.29 is 15.0 Å². The molecule has 0 radical (unpaired) electrons. The second-order valence-electron chi connectivity index (χ2n) is 3.12. The first-order valence-electron chi connectivity index (χ1n) is 4.60. The van der Waals surface area contributed by atoms with Crippen LogP contribution in [0, 0.1) is 0 Å². The second kappa shape index (κ2) is 5.72. The standard InChI is InChI=1S/C10H13NO3S/c1-7(3-5-12)15-9-2-4-11-6-8(9)10(13)14/h2,4,6-7,12H,3,5H2,1H3,(H,13,14). The van der Waals surface area contributed by atoms with E-state index in [1.807, 2.05) is 6.92 Å². The van der Waals surface area contributed by atoms with Crippen molar-refractivity contribution >= 4 is 17.7 Å². The molecule has 0 aliphatic carbocycles. The van der Waals surface area contributed by atoms with Crippen molar-refractivity contribution in [3.05, 3.63) is 24.0 Å². The maximum absolute atomic E-state index is 10.9. The zero-order valence-corrected chi connectivity index (χ0v) is 9.20. The Morgan fingerprint density at radius 2 is 2.40 bits per heavy atom. The van der Waals surface area contributed by atoms with Crippen molar-refractivity contribution in [1.29, 1.82) is 0 Å². The molecule has 2 N–H and O–H groups in total. The van der Waals surface area contributed by atoms with Crippen LogP contribution in [-0.2, 0) is 0 Å². The van der Waals surface area contributed by atoms with E-state index in [1.165, 1.54) is 18.0 Å². The van der Waals surface area contributed by atoms with E-state index in [2.05, 4.69) is 4.98 Å². The molecule has 1 unspecified atom stereocenters. The van der Waals surface area contributed by atoms with Crippen LogP contribution in [0.1, 0.15) is 23.7 Å². The van der Waals surface area contributed by atoms with Gasteiger partial charge in [-0.15, -0.1) is 11.8 Å². The monoisotopic (exact) mass is 227 g/mol. The Balaban J connectivity index is 2.79. The molecule has 0 aliphatic heterocycles. The van der Waals surface area contributed by atoms with Crippen LogP contribution in [0.15, 0.2) is 23.4 Å². The molecule has 0 aromatic carbocycles. The molecule has 1 rings (SSSR count). The summed E-state index contributed by atoms with van der Waals surface area (Å²) < 4.78 is 0. The predicted octanol–water partition coefficient (Wildman–Crippen LogP) is 1.64. The number of carboxylic acids is 1. The van der Waals surface area contributed by atoms with E-state index >= 15 is 0 Å². The lowest BCUT2D eigenvalue weighted by Crippen LogP contribution is -2.04. The van der Waals surface area contributed by atoms with Gasteiger partial charge in [-0.2, -0.15) is 0 Å². The van der Waals surface area contributed by atoms with Crippen molar-refractivity contribution in [3.63, 3.8) is 0 Å². The number of thioether (sulfide) groups is 1.